The maximum Gasteiger partial charge on any atom is 0.249 e. The summed E-state index contributed by atoms with van der Waals surface area (Å²) >= 11 is 0. The van der Waals surface area contributed by atoms with E-state index in [0.29, 0.717) is 27.9 Å². The van der Waals surface area contributed by atoms with Crippen molar-refractivity contribution in [3.63, 3.8) is 0 Å². The van der Waals surface area contributed by atoms with E-state index in [9.17, 15) is 22.4 Å². The molecule has 0 aliphatic carbocycles. The molecule has 136 valence electrons. The quantitative estimate of drug-likeness (QED) is 0.418. The highest BCUT2D eigenvalue weighted by molar-refractivity contribution is 6.17. The molecule has 0 saturated carbocycles. The van der Waals surface area contributed by atoms with Gasteiger partial charge in [0.25, 0.3) is 0 Å². The second-order valence-corrected chi connectivity index (χ2v) is 6.17. The van der Waals surface area contributed by atoms with Gasteiger partial charge in [-0.15, -0.1) is 0 Å². The van der Waals surface area contributed by atoms with Crippen LogP contribution in [0, 0.1) is 23.3 Å². The van der Waals surface area contributed by atoms with E-state index in [1.54, 1.807) is 12.1 Å². The summed E-state index contributed by atoms with van der Waals surface area (Å²) in [7, 11) is 0. The third-order valence-electron chi connectivity index (χ3n) is 4.54. The number of aromatic nitrogens is 1. The largest absolute Gasteiger partial charge is 0.366 e. The van der Waals surface area contributed by atoms with E-state index in [0.717, 1.165) is 6.07 Å². The van der Waals surface area contributed by atoms with Crippen molar-refractivity contribution in [3.8, 4) is 0 Å². The number of carbonyl (C=O) groups is 1. The van der Waals surface area contributed by atoms with Gasteiger partial charge in [0.15, 0.2) is 11.6 Å². The van der Waals surface area contributed by atoms with Crippen LogP contribution in [0.5, 0.6) is 0 Å². The van der Waals surface area contributed by atoms with Crippen LogP contribution in [0.3, 0.4) is 0 Å². The highest BCUT2D eigenvalue weighted by Crippen LogP contribution is 2.33. The van der Waals surface area contributed by atoms with Crippen LogP contribution in [0.25, 0.3) is 21.8 Å². The Hall–Kier alpha value is -3.35. The Kier molecular flexibility index (Phi) is 3.87. The first-order valence-corrected chi connectivity index (χ1v) is 8.00. The number of fused-ring (bicyclic) bond motifs is 3. The summed E-state index contributed by atoms with van der Waals surface area (Å²) in [6.07, 6.45) is 0. The van der Waals surface area contributed by atoms with Crippen molar-refractivity contribution < 1.29 is 22.4 Å². The molecule has 0 aliphatic heterocycles. The zero-order valence-electron chi connectivity index (χ0n) is 13.8. The number of rotatable bonds is 3. The van der Waals surface area contributed by atoms with Crippen LogP contribution in [-0.4, -0.2) is 10.5 Å². The predicted octanol–water partition coefficient (Wildman–Crippen LogP) is 4.50. The van der Waals surface area contributed by atoms with Gasteiger partial charge in [0.1, 0.15) is 11.6 Å². The number of benzene rings is 3. The summed E-state index contributed by atoms with van der Waals surface area (Å²) in [6, 6.07) is 9.99. The average molecular weight is 372 g/mol. The summed E-state index contributed by atoms with van der Waals surface area (Å²) in [5, 5.41) is 1.03. The van der Waals surface area contributed by atoms with Crippen LogP contribution < -0.4 is 5.73 Å². The van der Waals surface area contributed by atoms with Gasteiger partial charge in [0, 0.05) is 28.0 Å². The molecule has 0 saturated heterocycles. The topological polar surface area (TPSA) is 48.0 Å². The third kappa shape index (κ3) is 2.71. The molecular weight excluding hydrogens is 360 g/mol. The van der Waals surface area contributed by atoms with Crippen LogP contribution in [-0.2, 0) is 6.54 Å². The summed E-state index contributed by atoms with van der Waals surface area (Å²) in [5.41, 5.74) is 6.44. The van der Waals surface area contributed by atoms with Crippen molar-refractivity contribution in [2.45, 2.75) is 6.54 Å². The van der Waals surface area contributed by atoms with Gasteiger partial charge in [0.05, 0.1) is 17.6 Å². The SMILES string of the molecule is NC(=O)c1cccc2c1c1ccc(F)cc1n2Cc1cc(F)c(F)cc1F. The molecule has 3 nitrogen and oxygen atoms in total. The highest BCUT2D eigenvalue weighted by atomic mass is 19.2. The molecule has 0 atom stereocenters. The summed E-state index contributed by atoms with van der Waals surface area (Å²) in [4.78, 5) is 11.8. The molecule has 0 bridgehead atoms. The Morgan fingerprint density at radius 3 is 2.37 bits per heavy atom. The molecule has 0 fully saturated rings. The predicted molar refractivity (Wildman–Crippen MR) is 93.3 cm³/mol. The first kappa shape index (κ1) is 17.1. The van der Waals surface area contributed by atoms with Gasteiger partial charge >= 0.3 is 0 Å². The molecule has 4 rings (SSSR count). The molecule has 1 aromatic heterocycles. The second kappa shape index (κ2) is 6.12. The van der Waals surface area contributed by atoms with Gasteiger partial charge in [-0.2, -0.15) is 0 Å². The normalized spacial score (nSPS) is 11.4. The van der Waals surface area contributed by atoms with Crippen molar-refractivity contribution >= 4 is 27.7 Å². The lowest BCUT2D eigenvalue weighted by atomic mass is 10.1. The van der Waals surface area contributed by atoms with Crippen LogP contribution in [0.4, 0.5) is 17.6 Å². The number of nitrogens with two attached hydrogens (primary N) is 1. The molecular formula is C20H12F4N2O. The maximum atomic E-state index is 14.1. The summed E-state index contributed by atoms with van der Waals surface area (Å²) in [5.74, 6) is -4.59. The number of halogens is 4. The molecule has 4 aromatic rings. The van der Waals surface area contributed by atoms with E-state index in [-0.39, 0.29) is 17.7 Å². The first-order valence-electron chi connectivity index (χ1n) is 8.00. The van der Waals surface area contributed by atoms with Crippen LogP contribution in [0.15, 0.2) is 48.5 Å². The molecule has 3 aromatic carbocycles. The first-order chi connectivity index (χ1) is 12.9. The molecule has 0 spiro atoms. The smallest absolute Gasteiger partial charge is 0.249 e. The standard InChI is InChI=1S/C20H12F4N2O/c21-11-4-5-12-18(7-11)26(9-10-6-15(23)16(24)8-14(10)22)17-3-1-2-13(19(12)17)20(25)27/h1-8H,9H2,(H2,25,27). The molecule has 0 aliphatic rings. The Morgan fingerprint density at radius 2 is 1.63 bits per heavy atom. The molecule has 1 heterocycles. The van der Waals surface area contributed by atoms with Gasteiger partial charge in [-0.25, -0.2) is 17.6 Å². The monoisotopic (exact) mass is 372 g/mol. The van der Waals surface area contributed by atoms with Gasteiger partial charge in [0.2, 0.25) is 5.91 Å². The number of amides is 1. The molecule has 0 unspecified atom stereocenters. The highest BCUT2D eigenvalue weighted by Gasteiger charge is 2.18. The van der Waals surface area contributed by atoms with Crippen LogP contribution >= 0.6 is 0 Å². The Balaban J connectivity index is 2.05. The third-order valence-corrected chi connectivity index (χ3v) is 4.54. The molecule has 2 N–H and O–H groups in total. The molecule has 1 amide bonds. The zero-order valence-corrected chi connectivity index (χ0v) is 13.8. The van der Waals surface area contributed by atoms with Crippen molar-refractivity contribution in [2.75, 3.05) is 0 Å². The number of hydrogen-bond donors (Lipinski definition) is 1. The fourth-order valence-electron chi connectivity index (χ4n) is 3.35. The van der Waals surface area contributed by atoms with E-state index < -0.39 is 29.2 Å². The lowest BCUT2D eigenvalue weighted by molar-refractivity contribution is 0.100. The van der Waals surface area contributed by atoms with Crippen molar-refractivity contribution in [3.05, 3.63) is 82.9 Å². The van der Waals surface area contributed by atoms with Crippen molar-refractivity contribution in [1.82, 2.24) is 4.57 Å². The Bertz CT molecular complexity index is 1230. The van der Waals surface area contributed by atoms with Crippen molar-refractivity contribution in [2.24, 2.45) is 5.73 Å². The van der Waals surface area contributed by atoms with Crippen LogP contribution in [0.2, 0.25) is 0 Å². The minimum Gasteiger partial charge on any atom is -0.366 e. The van der Waals surface area contributed by atoms with E-state index >= 15 is 0 Å². The number of hydrogen-bond acceptors (Lipinski definition) is 1. The second-order valence-electron chi connectivity index (χ2n) is 6.17. The number of carbonyl (C=O) groups excluding carboxylic acids is 1. The van der Waals surface area contributed by atoms with E-state index in [1.165, 1.54) is 28.8 Å². The average Bonchev–Trinajstić information content (AvgIpc) is 2.92. The van der Waals surface area contributed by atoms with E-state index in [4.69, 9.17) is 5.73 Å². The van der Waals surface area contributed by atoms with E-state index in [1.807, 2.05) is 0 Å². The molecule has 0 radical (unpaired) electrons. The van der Waals surface area contributed by atoms with E-state index in [2.05, 4.69) is 0 Å². The maximum absolute atomic E-state index is 14.1. The Labute approximate surface area is 150 Å². The number of primary amides is 1. The van der Waals surface area contributed by atoms with Gasteiger partial charge in [-0.1, -0.05) is 6.07 Å². The summed E-state index contributed by atoms with van der Waals surface area (Å²) in [6.45, 7) is -0.186. The fourth-order valence-corrected chi connectivity index (χ4v) is 3.35. The lowest BCUT2D eigenvalue weighted by Gasteiger charge is -2.10. The lowest BCUT2D eigenvalue weighted by Crippen LogP contribution is -2.11. The minimum atomic E-state index is -1.29. The Morgan fingerprint density at radius 1 is 0.889 bits per heavy atom. The van der Waals surface area contributed by atoms with Crippen molar-refractivity contribution in [1.29, 1.82) is 0 Å². The van der Waals surface area contributed by atoms with Gasteiger partial charge < -0.3 is 10.3 Å². The molecule has 7 heteroatoms. The van der Waals surface area contributed by atoms with Gasteiger partial charge in [-0.05, 0) is 36.4 Å². The summed E-state index contributed by atoms with van der Waals surface area (Å²) < 4.78 is 56.3. The fraction of sp³-hybridized carbons (Fsp3) is 0.0500. The van der Waals surface area contributed by atoms with Crippen LogP contribution in [0.1, 0.15) is 15.9 Å². The van der Waals surface area contributed by atoms with Gasteiger partial charge in [-0.3, -0.25) is 4.79 Å². The zero-order chi connectivity index (χ0) is 19.3. The molecule has 27 heavy (non-hydrogen) atoms. The minimum absolute atomic E-state index is 0.110. The number of nitrogens with zero attached hydrogens (tertiary/aromatic N) is 1.